The largest absolute Gasteiger partial charge is 0.378 e. The van der Waals surface area contributed by atoms with E-state index in [-0.39, 0.29) is 0 Å². The number of aromatic nitrogens is 2. The van der Waals surface area contributed by atoms with E-state index in [4.69, 9.17) is 16.3 Å². The Morgan fingerprint density at radius 1 is 1.56 bits per heavy atom. The molecule has 18 heavy (non-hydrogen) atoms. The lowest BCUT2D eigenvalue weighted by molar-refractivity contribution is -0.00321. The monoisotopic (exact) mass is 335 g/mol. The molecule has 0 saturated carbocycles. The highest BCUT2D eigenvalue weighted by Gasteiger charge is 2.24. The normalized spacial score (nSPS) is 21.4. The predicted molar refractivity (Wildman–Crippen MR) is 76.5 cm³/mol. The molecule has 1 aromatic heterocycles. The first-order chi connectivity index (χ1) is 8.67. The topological polar surface area (TPSA) is 30.3 Å². The van der Waals surface area contributed by atoms with Crippen LogP contribution >= 0.6 is 27.5 Å². The van der Waals surface area contributed by atoms with Crippen molar-refractivity contribution in [1.82, 2.24) is 14.7 Å². The molecular weight excluding hydrogens is 318 g/mol. The van der Waals surface area contributed by atoms with Crippen LogP contribution in [0.3, 0.4) is 0 Å². The van der Waals surface area contributed by atoms with Crippen LogP contribution in [0.1, 0.15) is 18.3 Å². The summed E-state index contributed by atoms with van der Waals surface area (Å²) in [6, 6.07) is 0.412. The van der Waals surface area contributed by atoms with Crippen molar-refractivity contribution in [3.05, 3.63) is 16.4 Å². The Morgan fingerprint density at radius 3 is 3.00 bits per heavy atom. The Hall–Kier alpha value is -0.100. The second kappa shape index (κ2) is 6.37. The van der Waals surface area contributed by atoms with E-state index in [2.05, 4.69) is 32.9 Å². The van der Waals surface area contributed by atoms with Crippen molar-refractivity contribution in [3.8, 4) is 0 Å². The second-order valence-electron chi connectivity index (χ2n) is 4.52. The maximum absolute atomic E-state index is 6.35. The summed E-state index contributed by atoms with van der Waals surface area (Å²) in [6.45, 7) is 8.26. The first-order valence-electron chi connectivity index (χ1n) is 6.26. The highest BCUT2D eigenvalue weighted by Crippen LogP contribution is 2.23. The molecule has 102 valence electrons. The van der Waals surface area contributed by atoms with Gasteiger partial charge in [-0.3, -0.25) is 9.58 Å². The number of hydrogen-bond donors (Lipinski definition) is 0. The maximum atomic E-state index is 6.35. The second-order valence-corrected chi connectivity index (χ2v) is 5.54. The fraction of sp³-hybridized carbons (Fsp3) is 0.750. The number of halogens is 2. The minimum atomic E-state index is 0.412. The van der Waals surface area contributed by atoms with Gasteiger partial charge in [0.2, 0.25) is 0 Å². The number of nitrogens with zero attached hydrogens (tertiary/aromatic N) is 3. The molecule has 0 spiro atoms. The summed E-state index contributed by atoms with van der Waals surface area (Å²) in [7, 11) is 0. The number of hydrogen-bond acceptors (Lipinski definition) is 3. The van der Waals surface area contributed by atoms with E-state index in [1.165, 1.54) is 0 Å². The molecule has 2 rings (SSSR count). The van der Waals surface area contributed by atoms with Crippen molar-refractivity contribution in [3.63, 3.8) is 0 Å². The first-order valence-corrected chi connectivity index (χ1v) is 7.76. The quantitative estimate of drug-likeness (QED) is 0.791. The number of ether oxygens (including phenoxy) is 1. The molecule has 0 N–H and O–H groups in total. The van der Waals surface area contributed by atoms with Gasteiger partial charge in [-0.2, -0.15) is 5.10 Å². The molecule has 1 fully saturated rings. The molecule has 1 aliphatic heterocycles. The summed E-state index contributed by atoms with van der Waals surface area (Å²) >= 11 is 9.90. The lowest BCUT2D eigenvalue weighted by Crippen LogP contribution is -2.46. The fourth-order valence-corrected chi connectivity index (χ4v) is 3.04. The van der Waals surface area contributed by atoms with E-state index in [1.54, 1.807) is 0 Å². The molecule has 1 aliphatic rings. The Morgan fingerprint density at radius 2 is 2.33 bits per heavy atom. The lowest BCUT2D eigenvalue weighted by Gasteiger charge is -2.34. The molecule has 1 aromatic rings. The van der Waals surface area contributed by atoms with Crippen molar-refractivity contribution in [2.75, 3.05) is 25.1 Å². The summed E-state index contributed by atoms with van der Waals surface area (Å²) < 4.78 is 7.50. The highest BCUT2D eigenvalue weighted by atomic mass is 79.9. The van der Waals surface area contributed by atoms with Crippen LogP contribution in [0.2, 0.25) is 5.02 Å². The molecule has 1 unspecified atom stereocenters. The molecule has 0 aliphatic carbocycles. The van der Waals surface area contributed by atoms with Crippen LogP contribution in [-0.2, 0) is 17.8 Å². The molecule has 0 amide bonds. The van der Waals surface area contributed by atoms with Gasteiger partial charge in [-0.15, -0.1) is 0 Å². The maximum Gasteiger partial charge on any atom is 0.0860 e. The van der Waals surface area contributed by atoms with Gasteiger partial charge in [0.15, 0.2) is 0 Å². The zero-order chi connectivity index (χ0) is 13.1. The van der Waals surface area contributed by atoms with E-state index in [0.717, 1.165) is 54.6 Å². The van der Waals surface area contributed by atoms with Gasteiger partial charge in [0.25, 0.3) is 0 Å². The van der Waals surface area contributed by atoms with Crippen LogP contribution in [0, 0.1) is 6.92 Å². The number of alkyl halides is 1. The molecule has 0 aromatic carbocycles. The van der Waals surface area contributed by atoms with Gasteiger partial charge in [0.05, 0.1) is 29.6 Å². The smallest absolute Gasteiger partial charge is 0.0860 e. The van der Waals surface area contributed by atoms with E-state index in [1.807, 2.05) is 11.6 Å². The van der Waals surface area contributed by atoms with Gasteiger partial charge in [-0.05, 0) is 13.8 Å². The Bertz CT molecular complexity index is 410. The predicted octanol–water partition coefficient (Wildman–Crippen LogP) is 2.46. The standard InChI is InChI=1S/C12H19BrClN3O/c1-3-17-11(12(14)9(2)15-17)7-16-4-5-18-8-10(16)6-13/h10H,3-8H2,1-2H3. The minimum absolute atomic E-state index is 0.412. The average molecular weight is 337 g/mol. The average Bonchev–Trinajstić information content (AvgIpc) is 2.67. The third kappa shape index (κ3) is 2.90. The van der Waals surface area contributed by atoms with E-state index in [0.29, 0.717) is 6.04 Å². The third-order valence-electron chi connectivity index (χ3n) is 3.33. The molecule has 2 heterocycles. The van der Waals surface area contributed by atoms with Crippen LogP contribution in [0.5, 0.6) is 0 Å². The van der Waals surface area contributed by atoms with Crippen molar-refractivity contribution in [2.24, 2.45) is 0 Å². The molecule has 1 saturated heterocycles. The highest BCUT2D eigenvalue weighted by molar-refractivity contribution is 9.09. The lowest BCUT2D eigenvalue weighted by atomic mass is 10.2. The minimum Gasteiger partial charge on any atom is -0.378 e. The summed E-state index contributed by atoms with van der Waals surface area (Å²) in [6.07, 6.45) is 0. The van der Waals surface area contributed by atoms with E-state index >= 15 is 0 Å². The van der Waals surface area contributed by atoms with Gasteiger partial charge in [0.1, 0.15) is 0 Å². The summed E-state index contributed by atoms with van der Waals surface area (Å²) in [5, 5.41) is 6.18. The summed E-state index contributed by atoms with van der Waals surface area (Å²) in [5.74, 6) is 0. The van der Waals surface area contributed by atoms with Gasteiger partial charge >= 0.3 is 0 Å². The van der Waals surface area contributed by atoms with E-state index in [9.17, 15) is 0 Å². The molecule has 4 nitrogen and oxygen atoms in total. The number of aryl methyl sites for hydroxylation is 2. The van der Waals surface area contributed by atoms with Crippen LogP contribution in [0.25, 0.3) is 0 Å². The zero-order valence-electron chi connectivity index (χ0n) is 10.8. The van der Waals surface area contributed by atoms with Crippen molar-refractivity contribution < 1.29 is 4.74 Å². The van der Waals surface area contributed by atoms with Crippen LogP contribution in [0.15, 0.2) is 0 Å². The van der Waals surface area contributed by atoms with Crippen molar-refractivity contribution >= 4 is 27.5 Å². The van der Waals surface area contributed by atoms with Crippen LogP contribution < -0.4 is 0 Å². The number of morpholine rings is 1. The van der Waals surface area contributed by atoms with E-state index < -0.39 is 0 Å². The molecular formula is C12H19BrClN3O. The Balaban J connectivity index is 2.17. The Kier molecular flexibility index (Phi) is 5.06. The van der Waals surface area contributed by atoms with Crippen LogP contribution in [-0.4, -0.2) is 45.8 Å². The third-order valence-corrected chi connectivity index (χ3v) is 4.57. The van der Waals surface area contributed by atoms with Gasteiger partial charge in [-0.25, -0.2) is 0 Å². The summed E-state index contributed by atoms with van der Waals surface area (Å²) in [5.41, 5.74) is 2.03. The fourth-order valence-electron chi connectivity index (χ4n) is 2.25. The molecule has 0 radical (unpaired) electrons. The van der Waals surface area contributed by atoms with Gasteiger partial charge in [0, 0.05) is 31.0 Å². The summed E-state index contributed by atoms with van der Waals surface area (Å²) in [4.78, 5) is 2.41. The van der Waals surface area contributed by atoms with Gasteiger partial charge < -0.3 is 4.74 Å². The molecule has 0 bridgehead atoms. The molecule has 1 atom stereocenters. The van der Waals surface area contributed by atoms with Gasteiger partial charge in [-0.1, -0.05) is 27.5 Å². The first kappa shape index (κ1) is 14.3. The number of rotatable bonds is 4. The molecule has 6 heteroatoms. The SMILES string of the molecule is CCn1nc(C)c(Cl)c1CN1CCOCC1CBr. The Labute approximate surface area is 121 Å². The van der Waals surface area contributed by atoms with Crippen LogP contribution in [0.4, 0.5) is 0 Å². The zero-order valence-corrected chi connectivity index (χ0v) is 13.2. The van der Waals surface area contributed by atoms with Crippen molar-refractivity contribution in [1.29, 1.82) is 0 Å². The van der Waals surface area contributed by atoms with Crippen molar-refractivity contribution in [2.45, 2.75) is 33.0 Å².